The molecule has 0 aliphatic heterocycles. The van der Waals surface area contributed by atoms with E-state index in [2.05, 4.69) is 6.92 Å². The molecule has 0 aliphatic rings. The summed E-state index contributed by atoms with van der Waals surface area (Å²) in [5, 5.41) is 10.1. The van der Waals surface area contributed by atoms with Gasteiger partial charge in [0.05, 0.1) is 6.54 Å². The second kappa shape index (κ2) is 15.6. The molecule has 0 amide bonds. The number of rotatable bonds is 18. The van der Waals surface area contributed by atoms with Gasteiger partial charge in [0.2, 0.25) is 5.88 Å². The molecule has 0 saturated heterocycles. The summed E-state index contributed by atoms with van der Waals surface area (Å²) >= 11 is 0. The summed E-state index contributed by atoms with van der Waals surface area (Å²) in [5.41, 5.74) is 0.622. The van der Waals surface area contributed by atoms with Crippen LogP contribution in [0, 0.1) is 0 Å². The molecule has 174 valence electrons. The Bertz CT molecular complexity index is 752. The van der Waals surface area contributed by atoms with Crippen molar-refractivity contribution in [3.63, 3.8) is 0 Å². The van der Waals surface area contributed by atoms with Crippen molar-refractivity contribution in [2.75, 3.05) is 6.61 Å². The zero-order valence-corrected chi connectivity index (χ0v) is 19.4. The highest BCUT2D eigenvalue weighted by Crippen LogP contribution is 2.13. The molecule has 0 atom stereocenters. The minimum Gasteiger partial charge on any atom is -0.493 e. The average Bonchev–Trinajstić information content (AvgIpc) is 3.04. The molecule has 2 aromatic rings. The Hall–Kier alpha value is -2.17. The van der Waals surface area contributed by atoms with Crippen LogP contribution in [0.4, 0.5) is 0 Å². The van der Waals surface area contributed by atoms with Crippen molar-refractivity contribution in [2.45, 2.75) is 103 Å². The summed E-state index contributed by atoms with van der Waals surface area (Å²) < 4.78 is 2.47. The highest BCUT2D eigenvalue weighted by atomic mass is 16.7. The van der Waals surface area contributed by atoms with E-state index in [1.165, 1.54) is 87.8 Å². The topological polar surface area (TPSA) is 56.4 Å². The highest BCUT2D eigenvalue weighted by Gasteiger charge is 2.11. The lowest BCUT2D eigenvalue weighted by Gasteiger charge is -2.06. The standard InChI is InChI=1S/C26H42N2O3/c1-2-3-4-5-6-7-8-9-10-11-12-13-14-18-21-31-28-23-25(29)27(26(28)30)22-24-19-16-15-17-20-24/h15-17,19-20,23,29H,2-14,18,21-22H2,1H3. The van der Waals surface area contributed by atoms with Gasteiger partial charge in [-0.2, -0.15) is 0 Å². The van der Waals surface area contributed by atoms with Crippen molar-refractivity contribution in [1.29, 1.82) is 0 Å². The van der Waals surface area contributed by atoms with E-state index in [9.17, 15) is 9.90 Å². The van der Waals surface area contributed by atoms with E-state index >= 15 is 0 Å². The molecular weight excluding hydrogens is 388 g/mol. The minimum absolute atomic E-state index is 0.0742. The number of hydrogen-bond donors (Lipinski definition) is 1. The lowest BCUT2D eigenvalue weighted by molar-refractivity contribution is 0.0971. The number of hydrogen-bond acceptors (Lipinski definition) is 3. The van der Waals surface area contributed by atoms with Crippen LogP contribution in [0.5, 0.6) is 5.88 Å². The van der Waals surface area contributed by atoms with E-state index in [0.29, 0.717) is 13.2 Å². The third-order valence-electron chi connectivity index (χ3n) is 5.84. The van der Waals surface area contributed by atoms with E-state index in [1.807, 2.05) is 30.3 Å². The van der Waals surface area contributed by atoms with Crippen LogP contribution in [0.25, 0.3) is 0 Å². The molecule has 0 bridgehead atoms. The first kappa shape index (κ1) is 25.1. The van der Waals surface area contributed by atoms with Crippen LogP contribution in [-0.4, -0.2) is 21.0 Å². The third kappa shape index (κ3) is 10.1. The summed E-state index contributed by atoms with van der Waals surface area (Å²) in [6.45, 7) is 3.10. The predicted molar refractivity (Wildman–Crippen MR) is 128 cm³/mol. The fraction of sp³-hybridized carbons (Fsp3) is 0.654. The molecule has 0 fully saturated rings. The lowest BCUT2D eigenvalue weighted by atomic mass is 10.0. The molecule has 5 heteroatoms. The van der Waals surface area contributed by atoms with E-state index < -0.39 is 0 Å². The van der Waals surface area contributed by atoms with Gasteiger partial charge in [-0.25, -0.2) is 4.79 Å². The zero-order valence-electron chi connectivity index (χ0n) is 19.4. The summed E-state index contributed by atoms with van der Waals surface area (Å²) in [6, 6.07) is 9.62. The quantitative estimate of drug-likeness (QED) is 0.282. The molecule has 1 heterocycles. The van der Waals surface area contributed by atoms with Crippen LogP contribution >= 0.6 is 0 Å². The Morgan fingerprint density at radius 1 is 0.774 bits per heavy atom. The molecule has 0 spiro atoms. The number of nitrogens with zero attached hydrogens (tertiary/aromatic N) is 2. The van der Waals surface area contributed by atoms with E-state index in [1.54, 1.807) is 0 Å². The average molecular weight is 431 g/mol. The summed E-state index contributed by atoms with van der Waals surface area (Å²) in [7, 11) is 0. The predicted octanol–water partition coefficient (Wildman–Crippen LogP) is 6.31. The van der Waals surface area contributed by atoms with Gasteiger partial charge in [0, 0.05) is 0 Å². The van der Waals surface area contributed by atoms with Crippen molar-refractivity contribution in [3.05, 3.63) is 52.6 Å². The van der Waals surface area contributed by atoms with Crippen LogP contribution in [0.3, 0.4) is 0 Å². The second-order valence-electron chi connectivity index (χ2n) is 8.60. The fourth-order valence-electron chi connectivity index (χ4n) is 3.91. The molecule has 0 radical (unpaired) electrons. The summed E-state index contributed by atoms with van der Waals surface area (Å²) in [5.74, 6) is -0.0742. The number of unbranched alkanes of at least 4 members (excludes halogenated alkanes) is 13. The Labute approximate surface area is 188 Å². The lowest BCUT2D eigenvalue weighted by Crippen LogP contribution is -2.29. The van der Waals surface area contributed by atoms with Crippen molar-refractivity contribution >= 4 is 0 Å². The van der Waals surface area contributed by atoms with Gasteiger partial charge < -0.3 is 9.94 Å². The molecule has 1 aromatic carbocycles. The van der Waals surface area contributed by atoms with Crippen molar-refractivity contribution < 1.29 is 9.94 Å². The zero-order chi connectivity index (χ0) is 22.2. The largest absolute Gasteiger partial charge is 0.493 e. The summed E-state index contributed by atoms with van der Waals surface area (Å²) in [6.07, 6.45) is 19.7. The molecule has 0 saturated carbocycles. The van der Waals surface area contributed by atoms with Crippen LogP contribution in [0.2, 0.25) is 0 Å². The van der Waals surface area contributed by atoms with Gasteiger partial charge in [-0.05, 0) is 18.4 Å². The molecule has 0 unspecified atom stereocenters. The fourth-order valence-corrected chi connectivity index (χ4v) is 3.91. The van der Waals surface area contributed by atoms with Crippen LogP contribution in [0.15, 0.2) is 41.3 Å². The van der Waals surface area contributed by atoms with Crippen molar-refractivity contribution in [2.24, 2.45) is 0 Å². The molecular formula is C26H42N2O3. The number of benzene rings is 1. The molecule has 31 heavy (non-hydrogen) atoms. The Morgan fingerprint density at radius 3 is 1.84 bits per heavy atom. The normalized spacial score (nSPS) is 11.1. The van der Waals surface area contributed by atoms with Gasteiger partial charge in [-0.1, -0.05) is 114 Å². The molecule has 1 N–H and O–H groups in total. The first-order chi connectivity index (χ1) is 15.2. The van der Waals surface area contributed by atoms with Crippen LogP contribution < -0.4 is 10.5 Å². The van der Waals surface area contributed by atoms with Gasteiger partial charge in [0.15, 0.2) is 0 Å². The Kier molecular flexibility index (Phi) is 12.6. The number of aromatic hydroxyl groups is 1. The highest BCUT2D eigenvalue weighted by molar-refractivity contribution is 5.17. The molecule has 1 aromatic heterocycles. The number of aromatic nitrogens is 2. The molecule has 0 aliphatic carbocycles. The third-order valence-corrected chi connectivity index (χ3v) is 5.84. The smallest absolute Gasteiger partial charge is 0.364 e. The maximum Gasteiger partial charge on any atom is 0.364 e. The minimum atomic E-state index is -0.341. The summed E-state index contributed by atoms with van der Waals surface area (Å²) in [4.78, 5) is 18.0. The number of imidazole rings is 1. The molecule has 2 rings (SSSR count). The maximum absolute atomic E-state index is 12.4. The van der Waals surface area contributed by atoms with E-state index in [-0.39, 0.29) is 11.6 Å². The van der Waals surface area contributed by atoms with Gasteiger partial charge in [-0.15, -0.1) is 4.73 Å². The van der Waals surface area contributed by atoms with Gasteiger partial charge in [-0.3, -0.25) is 4.57 Å². The Balaban J connectivity index is 1.48. The van der Waals surface area contributed by atoms with E-state index in [0.717, 1.165) is 23.1 Å². The van der Waals surface area contributed by atoms with Crippen LogP contribution in [0.1, 0.15) is 102 Å². The first-order valence-corrected chi connectivity index (χ1v) is 12.4. The van der Waals surface area contributed by atoms with Gasteiger partial charge in [0.25, 0.3) is 0 Å². The monoisotopic (exact) mass is 430 g/mol. The van der Waals surface area contributed by atoms with Crippen LogP contribution in [-0.2, 0) is 6.54 Å². The maximum atomic E-state index is 12.4. The second-order valence-corrected chi connectivity index (χ2v) is 8.60. The van der Waals surface area contributed by atoms with Gasteiger partial charge in [0.1, 0.15) is 12.8 Å². The van der Waals surface area contributed by atoms with Crippen molar-refractivity contribution in [3.8, 4) is 5.88 Å². The SMILES string of the molecule is CCCCCCCCCCCCCCCCOn1cc(O)n(Cc2ccccc2)c1=O. The van der Waals surface area contributed by atoms with E-state index in [4.69, 9.17) is 4.84 Å². The molecule has 5 nitrogen and oxygen atoms in total. The Morgan fingerprint density at radius 2 is 1.29 bits per heavy atom. The van der Waals surface area contributed by atoms with Gasteiger partial charge >= 0.3 is 5.69 Å². The first-order valence-electron chi connectivity index (χ1n) is 12.4. The van der Waals surface area contributed by atoms with Crippen molar-refractivity contribution in [1.82, 2.24) is 9.30 Å².